The smallest absolute Gasteiger partial charge is 0.340 e. The number of thioether (sulfide) groups is 1. The molecular formula is C12H10N3OS+. The fourth-order valence-corrected chi connectivity index (χ4v) is 3.33. The number of hydrogen-bond acceptors (Lipinski definition) is 2. The zero-order valence-corrected chi connectivity index (χ0v) is 9.83. The van der Waals surface area contributed by atoms with E-state index in [0.29, 0.717) is 12.8 Å². The van der Waals surface area contributed by atoms with Crippen LogP contribution in [0.5, 0.6) is 0 Å². The predicted octanol–water partition coefficient (Wildman–Crippen LogP) is -0.00530. The van der Waals surface area contributed by atoms with Gasteiger partial charge >= 0.3 is 5.71 Å². The Bertz CT molecular complexity index is 577. The summed E-state index contributed by atoms with van der Waals surface area (Å²) in [4.78, 5) is 19.1. The standard InChI is InChI=1S/C12H9N3OS/c13-15-8-6-12-9(5-10(8)16)14-7-3-1-2-4-11(7)17-12/h1-4,11H,5-6H2/p+1. The van der Waals surface area contributed by atoms with Crippen LogP contribution in [0.1, 0.15) is 12.8 Å². The number of allylic oxidation sites excluding steroid dienone is 5. The van der Waals surface area contributed by atoms with Crippen LogP contribution < -0.4 is 4.99 Å². The SMILES string of the molecule is [N-]=[N+]=C1CC2=C(CC1=O)[NH+]=C1C=CC=CC1S2. The van der Waals surface area contributed by atoms with Crippen molar-refractivity contribution in [1.29, 1.82) is 0 Å². The molecule has 0 radical (unpaired) electrons. The second kappa shape index (κ2) is 3.95. The predicted molar refractivity (Wildman–Crippen MR) is 65.5 cm³/mol. The fraction of sp³-hybridized carbons (Fsp3) is 0.250. The third-order valence-corrected chi connectivity index (χ3v) is 4.33. The molecule has 0 bridgehead atoms. The molecule has 0 aromatic carbocycles. The lowest BCUT2D eigenvalue weighted by atomic mass is 10.00. The fourth-order valence-electron chi connectivity index (χ4n) is 2.10. The van der Waals surface area contributed by atoms with E-state index < -0.39 is 0 Å². The summed E-state index contributed by atoms with van der Waals surface area (Å²) >= 11 is 1.72. The van der Waals surface area contributed by atoms with Gasteiger partial charge in [0.1, 0.15) is 11.7 Å². The minimum Gasteiger partial charge on any atom is -0.361 e. The molecule has 4 nitrogen and oxygen atoms in total. The quantitative estimate of drug-likeness (QED) is 0.481. The summed E-state index contributed by atoms with van der Waals surface area (Å²) in [6.07, 6.45) is 8.88. The summed E-state index contributed by atoms with van der Waals surface area (Å²) in [6.45, 7) is 0. The van der Waals surface area contributed by atoms with Crippen LogP contribution in [0.4, 0.5) is 0 Å². The highest BCUT2D eigenvalue weighted by Crippen LogP contribution is 2.33. The molecule has 3 aliphatic rings. The van der Waals surface area contributed by atoms with Crippen LogP contribution in [-0.4, -0.2) is 27.2 Å². The van der Waals surface area contributed by atoms with Gasteiger partial charge in [0.15, 0.2) is 11.4 Å². The lowest BCUT2D eigenvalue weighted by Gasteiger charge is -2.20. The third kappa shape index (κ3) is 1.73. The monoisotopic (exact) mass is 244 g/mol. The summed E-state index contributed by atoms with van der Waals surface area (Å²) in [5.41, 5.74) is 11.1. The summed E-state index contributed by atoms with van der Waals surface area (Å²) in [7, 11) is 0. The van der Waals surface area contributed by atoms with Gasteiger partial charge in [0.05, 0.1) is 11.3 Å². The van der Waals surface area contributed by atoms with Crippen LogP contribution in [0.15, 0.2) is 34.9 Å². The second-order valence-corrected chi connectivity index (χ2v) is 5.32. The molecule has 0 saturated heterocycles. The van der Waals surface area contributed by atoms with E-state index >= 15 is 0 Å². The number of ketones is 1. The van der Waals surface area contributed by atoms with Crippen LogP contribution in [0.25, 0.3) is 5.53 Å². The topological polar surface area (TPSA) is 67.4 Å². The maximum Gasteiger partial charge on any atom is 0.340 e. The molecule has 0 aromatic rings. The van der Waals surface area contributed by atoms with Crippen molar-refractivity contribution >= 4 is 29.0 Å². The molecule has 1 atom stereocenters. The normalized spacial score (nSPS) is 26.4. The Morgan fingerprint density at radius 3 is 3.12 bits per heavy atom. The van der Waals surface area contributed by atoms with Gasteiger partial charge < -0.3 is 5.53 Å². The zero-order valence-electron chi connectivity index (χ0n) is 9.01. The number of hydrogen-bond donors (Lipinski definition) is 1. The van der Waals surface area contributed by atoms with Gasteiger partial charge in [-0.2, -0.15) is 4.79 Å². The largest absolute Gasteiger partial charge is 0.361 e. The Labute approximate surface area is 102 Å². The van der Waals surface area contributed by atoms with Crippen molar-refractivity contribution in [2.24, 2.45) is 0 Å². The average molecular weight is 244 g/mol. The summed E-state index contributed by atoms with van der Waals surface area (Å²) in [6, 6.07) is 0. The Kier molecular flexibility index (Phi) is 2.42. The first kappa shape index (κ1) is 10.4. The van der Waals surface area contributed by atoms with E-state index in [2.05, 4.69) is 15.9 Å². The van der Waals surface area contributed by atoms with E-state index in [9.17, 15) is 4.79 Å². The molecular weight excluding hydrogens is 234 g/mol. The van der Waals surface area contributed by atoms with E-state index in [1.165, 1.54) is 0 Å². The maximum atomic E-state index is 11.6. The molecule has 0 spiro atoms. The van der Waals surface area contributed by atoms with E-state index in [-0.39, 0.29) is 16.7 Å². The Morgan fingerprint density at radius 2 is 2.29 bits per heavy atom. The van der Waals surface area contributed by atoms with Gasteiger partial charge in [-0.1, -0.05) is 18.2 Å². The van der Waals surface area contributed by atoms with Crippen molar-refractivity contribution in [3.63, 3.8) is 0 Å². The van der Waals surface area contributed by atoms with E-state index in [1.54, 1.807) is 11.8 Å². The summed E-state index contributed by atoms with van der Waals surface area (Å²) in [5.74, 6) is -0.103. The highest BCUT2D eigenvalue weighted by atomic mass is 32.2. The van der Waals surface area contributed by atoms with Crippen molar-refractivity contribution in [2.75, 3.05) is 0 Å². The molecule has 0 amide bonds. The highest BCUT2D eigenvalue weighted by molar-refractivity contribution is 8.04. The van der Waals surface area contributed by atoms with Gasteiger partial charge in [0.2, 0.25) is 5.78 Å². The lowest BCUT2D eigenvalue weighted by molar-refractivity contribution is -0.400. The van der Waals surface area contributed by atoms with Crippen LogP contribution in [0.3, 0.4) is 0 Å². The number of Topliss-reactive ketones (excluding diaryl/α,β-unsaturated/α-hetero) is 1. The van der Waals surface area contributed by atoms with Crippen LogP contribution in [0, 0.1) is 0 Å². The number of carbonyl (C=O) groups is 1. The van der Waals surface area contributed by atoms with Crippen molar-refractivity contribution in [2.45, 2.75) is 18.1 Å². The molecule has 17 heavy (non-hydrogen) atoms. The lowest BCUT2D eigenvalue weighted by Crippen LogP contribution is -2.75. The molecule has 1 unspecified atom stereocenters. The van der Waals surface area contributed by atoms with Gasteiger partial charge in [-0.15, -0.1) is 11.8 Å². The van der Waals surface area contributed by atoms with Gasteiger partial charge in [-0.3, -0.25) is 4.79 Å². The molecule has 5 heteroatoms. The van der Waals surface area contributed by atoms with Gasteiger partial charge in [-0.25, -0.2) is 4.99 Å². The van der Waals surface area contributed by atoms with E-state index in [1.807, 2.05) is 18.2 Å². The average Bonchev–Trinajstić information content (AvgIpc) is 2.35. The first-order valence-corrected chi connectivity index (χ1v) is 6.27. The van der Waals surface area contributed by atoms with Crippen LogP contribution in [0.2, 0.25) is 0 Å². The van der Waals surface area contributed by atoms with E-state index in [4.69, 9.17) is 5.53 Å². The number of nitrogens with one attached hydrogen (secondary N) is 1. The molecule has 84 valence electrons. The van der Waals surface area contributed by atoms with Gasteiger partial charge in [0.25, 0.3) is 0 Å². The number of fused-ring (bicyclic) bond motifs is 1. The first-order valence-electron chi connectivity index (χ1n) is 5.39. The van der Waals surface area contributed by atoms with Crippen LogP contribution >= 0.6 is 11.8 Å². The summed E-state index contributed by atoms with van der Waals surface area (Å²) < 4.78 is 0. The zero-order chi connectivity index (χ0) is 11.8. The molecule has 1 aliphatic heterocycles. The molecule has 1 N–H and O–H groups in total. The Balaban J connectivity index is 2.01. The first-order chi connectivity index (χ1) is 8.28. The minimum atomic E-state index is -0.103. The summed E-state index contributed by atoms with van der Waals surface area (Å²) in [5, 5.41) is 0.284. The highest BCUT2D eigenvalue weighted by Gasteiger charge is 2.39. The number of nitrogens with zero attached hydrogens (tertiary/aromatic N) is 2. The van der Waals surface area contributed by atoms with Crippen molar-refractivity contribution in [1.82, 2.24) is 0 Å². The molecule has 3 rings (SSSR count). The maximum absolute atomic E-state index is 11.6. The number of rotatable bonds is 0. The number of carbonyl (C=O) groups excluding carboxylic acids is 1. The Morgan fingerprint density at radius 1 is 1.41 bits per heavy atom. The third-order valence-electron chi connectivity index (χ3n) is 2.99. The van der Waals surface area contributed by atoms with Gasteiger partial charge in [-0.05, 0) is 0 Å². The van der Waals surface area contributed by atoms with Crippen LogP contribution in [-0.2, 0) is 4.79 Å². The van der Waals surface area contributed by atoms with Crippen molar-refractivity contribution in [3.8, 4) is 0 Å². The molecule has 0 saturated carbocycles. The molecule has 1 heterocycles. The van der Waals surface area contributed by atoms with Gasteiger partial charge in [0, 0.05) is 6.08 Å². The minimum absolute atomic E-state index is 0.103. The molecule has 2 aliphatic carbocycles. The van der Waals surface area contributed by atoms with Crippen molar-refractivity contribution in [3.05, 3.63) is 40.4 Å². The second-order valence-electron chi connectivity index (χ2n) is 4.09. The molecule has 0 fully saturated rings. The van der Waals surface area contributed by atoms with E-state index in [0.717, 1.165) is 16.3 Å². The van der Waals surface area contributed by atoms with Crippen molar-refractivity contribution < 1.29 is 14.6 Å². The Hall–Kier alpha value is -1.71. The molecule has 0 aromatic heterocycles.